The second-order valence-electron chi connectivity index (χ2n) is 9.24. The molecular formula is C22H28F6N2O. The summed E-state index contributed by atoms with van der Waals surface area (Å²) < 4.78 is 77.9. The van der Waals surface area contributed by atoms with Gasteiger partial charge in [-0.1, -0.05) is 19.8 Å². The maximum absolute atomic E-state index is 13.0. The predicted octanol–water partition coefficient (Wildman–Crippen LogP) is 5.75. The quantitative estimate of drug-likeness (QED) is 0.580. The van der Waals surface area contributed by atoms with Gasteiger partial charge in [0.2, 0.25) is 0 Å². The Morgan fingerprint density at radius 1 is 1.00 bits per heavy atom. The fourth-order valence-electron chi connectivity index (χ4n) is 4.70. The number of nitrogens with zero attached hydrogens (tertiary/aromatic N) is 1. The summed E-state index contributed by atoms with van der Waals surface area (Å²) in [5.74, 6) is -0.762. The Balaban J connectivity index is 1.56. The van der Waals surface area contributed by atoms with E-state index in [1.165, 1.54) is 25.7 Å². The number of piperidine rings is 1. The molecule has 1 heterocycles. The molecule has 0 spiro atoms. The Kier molecular flexibility index (Phi) is 6.93. The summed E-state index contributed by atoms with van der Waals surface area (Å²) in [5, 5.41) is 2.53. The smallest absolute Gasteiger partial charge is 0.352 e. The van der Waals surface area contributed by atoms with Crippen LogP contribution in [0.1, 0.15) is 66.9 Å². The Labute approximate surface area is 178 Å². The van der Waals surface area contributed by atoms with E-state index in [1.807, 2.05) is 0 Å². The lowest BCUT2D eigenvalue weighted by atomic mass is 9.86. The fourth-order valence-corrected chi connectivity index (χ4v) is 4.70. The van der Waals surface area contributed by atoms with Crippen molar-refractivity contribution in [3.05, 3.63) is 34.9 Å². The number of nitrogens with one attached hydrogen (secondary N) is 1. The molecule has 1 aliphatic carbocycles. The molecule has 0 atom stereocenters. The number of benzene rings is 1. The van der Waals surface area contributed by atoms with Crippen molar-refractivity contribution in [3.8, 4) is 0 Å². The molecule has 2 fully saturated rings. The van der Waals surface area contributed by atoms with Crippen molar-refractivity contribution in [2.24, 2.45) is 11.3 Å². The van der Waals surface area contributed by atoms with Gasteiger partial charge in [-0.15, -0.1) is 0 Å². The van der Waals surface area contributed by atoms with Gasteiger partial charge in [-0.25, -0.2) is 0 Å². The molecule has 1 N–H and O–H groups in total. The van der Waals surface area contributed by atoms with E-state index in [2.05, 4.69) is 17.1 Å². The van der Waals surface area contributed by atoms with Crippen molar-refractivity contribution in [2.45, 2.75) is 57.8 Å². The number of amides is 1. The van der Waals surface area contributed by atoms with Gasteiger partial charge in [0.15, 0.2) is 0 Å². The lowest BCUT2D eigenvalue weighted by Crippen LogP contribution is -2.42. The maximum atomic E-state index is 13.0. The summed E-state index contributed by atoms with van der Waals surface area (Å²) in [6.45, 7) is 5.38. The molecule has 9 heteroatoms. The van der Waals surface area contributed by atoms with Crippen molar-refractivity contribution >= 4 is 5.91 Å². The molecule has 2 aliphatic rings. The van der Waals surface area contributed by atoms with E-state index in [0.717, 1.165) is 32.5 Å². The average molecular weight is 450 g/mol. The standard InChI is InChI=1S/C22H28F6N2O/c1-20(6-2-3-7-20)14-30-8-4-15(5-9-30)13-29-19(31)16-10-17(21(23,24)25)12-18(11-16)22(26,27)28/h10-12,15H,2-9,13-14H2,1H3,(H,29,31). The second kappa shape index (κ2) is 9.00. The molecule has 1 aromatic rings. The monoisotopic (exact) mass is 450 g/mol. The van der Waals surface area contributed by atoms with Gasteiger partial charge in [0.1, 0.15) is 0 Å². The molecule has 0 unspecified atom stereocenters. The Bertz CT molecular complexity index is 743. The minimum atomic E-state index is -4.97. The maximum Gasteiger partial charge on any atom is 0.416 e. The summed E-state index contributed by atoms with van der Waals surface area (Å²) in [6, 6.07) is 0.961. The summed E-state index contributed by atoms with van der Waals surface area (Å²) in [4.78, 5) is 14.7. The number of alkyl halides is 6. The third-order valence-corrected chi connectivity index (χ3v) is 6.52. The van der Waals surface area contributed by atoms with Gasteiger partial charge in [0.25, 0.3) is 5.91 Å². The van der Waals surface area contributed by atoms with Gasteiger partial charge in [-0.05, 0) is 68.3 Å². The van der Waals surface area contributed by atoms with Crippen molar-refractivity contribution in [2.75, 3.05) is 26.2 Å². The number of rotatable bonds is 5. The lowest BCUT2D eigenvalue weighted by Gasteiger charge is -2.37. The van der Waals surface area contributed by atoms with Crippen LogP contribution < -0.4 is 5.32 Å². The molecule has 31 heavy (non-hydrogen) atoms. The van der Waals surface area contributed by atoms with Crippen LogP contribution in [-0.2, 0) is 12.4 Å². The molecule has 1 aliphatic heterocycles. The number of likely N-dealkylation sites (tertiary alicyclic amines) is 1. The summed E-state index contributed by atoms with van der Waals surface area (Å²) >= 11 is 0. The van der Waals surface area contributed by atoms with Crippen LogP contribution in [-0.4, -0.2) is 37.0 Å². The first-order chi connectivity index (χ1) is 14.4. The van der Waals surface area contributed by atoms with Gasteiger partial charge in [0.05, 0.1) is 11.1 Å². The molecule has 1 saturated carbocycles. The highest BCUT2D eigenvalue weighted by atomic mass is 19.4. The summed E-state index contributed by atoms with van der Waals surface area (Å²) in [7, 11) is 0. The average Bonchev–Trinajstić information content (AvgIpc) is 3.11. The zero-order valence-electron chi connectivity index (χ0n) is 17.5. The highest BCUT2D eigenvalue weighted by Gasteiger charge is 2.37. The van der Waals surface area contributed by atoms with Gasteiger partial charge >= 0.3 is 12.4 Å². The minimum Gasteiger partial charge on any atom is -0.352 e. The van der Waals surface area contributed by atoms with Crippen LogP contribution in [0.3, 0.4) is 0 Å². The van der Waals surface area contributed by atoms with E-state index in [1.54, 1.807) is 0 Å². The van der Waals surface area contributed by atoms with E-state index in [9.17, 15) is 31.1 Å². The van der Waals surface area contributed by atoms with Crippen LogP contribution >= 0.6 is 0 Å². The molecule has 1 amide bonds. The fraction of sp³-hybridized carbons (Fsp3) is 0.682. The number of halogens is 6. The molecule has 0 radical (unpaired) electrons. The first-order valence-electron chi connectivity index (χ1n) is 10.7. The minimum absolute atomic E-state index is 0.0251. The third kappa shape index (κ3) is 6.37. The topological polar surface area (TPSA) is 32.3 Å². The first kappa shape index (κ1) is 23.9. The van der Waals surface area contributed by atoms with Gasteiger partial charge in [-0.3, -0.25) is 4.79 Å². The van der Waals surface area contributed by atoms with Gasteiger partial charge in [-0.2, -0.15) is 26.3 Å². The Morgan fingerprint density at radius 2 is 1.52 bits per heavy atom. The number of carbonyl (C=O) groups excluding carboxylic acids is 1. The normalized spacial score (nSPS) is 20.7. The lowest BCUT2D eigenvalue weighted by molar-refractivity contribution is -0.143. The zero-order valence-corrected chi connectivity index (χ0v) is 17.5. The third-order valence-electron chi connectivity index (χ3n) is 6.52. The highest BCUT2D eigenvalue weighted by molar-refractivity contribution is 5.94. The van der Waals surface area contributed by atoms with E-state index < -0.39 is 35.0 Å². The predicted molar refractivity (Wildman–Crippen MR) is 105 cm³/mol. The second-order valence-corrected chi connectivity index (χ2v) is 9.24. The van der Waals surface area contributed by atoms with Gasteiger partial charge in [0, 0.05) is 18.7 Å². The first-order valence-corrected chi connectivity index (χ1v) is 10.7. The number of hydrogen-bond acceptors (Lipinski definition) is 2. The molecule has 1 aromatic carbocycles. The summed E-state index contributed by atoms with van der Waals surface area (Å²) in [6.07, 6.45) is -3.26. The van der Waals surface area contributed by atoms with Crippen molar-refractivity contribution < 1.29 is 31.1 Å². The molecule has 0 bridgehead atoms. The molecule has 3 nitrogen and oxygen atoms in total. The van der Waals surface area contributed by atoms with Crippen LogP contribution in [0.4, 0.5) is 26.3 Å². The highest BCUT2D eigenvalue weighted by Crippen LogP contribution is 2.39. The van der Waals surface area contributed by atoms with Crippen LogP contribution in [0.25, 0.3) is 0 Å². The van der Waals surface area contributed by atoms with Crippen LogP contribution in [0.2, 0.25) is 0 Å². The molecule has 0 aromatic heterocycles. The molecular weight excluding hydrogens is 422 g/mol. The van der Waals surface area contributed by atoms with Crippen LogP contribution in [0, 0.1) is 11.3 Å². The number of carbonyl (C=O) groups is 1. The summed E-state index contributed by atoms with van der Waals surface area (Å²) in [5.41, 5.74) is -3.24. The van der Waals surface area contributed by atoms with Crippen LogP contribution in [0.15, 0.2) is 18.2 Å². The van der Waals surface area contributed by atoms with E-state index >= 15 is 0 Å². The Morgan fingerprint density at radius 3 is 2.00 bits per heavy atom. The van der Waals surface area contributed by atoms with Gasteiger partial charge < -0.3 is 10.2 Å². The number of hydrogen-bond donors (Lipinski definition) is 1. The molecule has 174 valence electrons. The zero-order chi connectivity index (χ0) is 22.9. The van der Waals surface area contributed by atoms with Crippen LogP contribution in [0.5, 0.6) is 0 Å². The SMILES string of the molecule is CC1(CN2CCC(CNC(=O)c3cc(C(F)(F)F)cc(C(F)(F)F)c3)CC2)CCCC1. The largest absolute Gasteiger partial charge is 0.416 e. The molecule has 3 rings (SSSR count). The molecule has 1 saturated heterocycles. The van der Waals surface area contributed by atoms with E-state index in [4.69, 9.17) is 0 Å². The van der Waals surface area contributed by atoms with E-state index in [0.29, 0.717) is 17.5 Å². The van der Waals surface area contributed by atoms with E-state index in [-0.39, 0.29) is 18.5 Å². The van der Waals surface area contributed by atoms with Crippen molar-refractivity contribution in [1.29, 1.82) is 0 Å². The Hall–Kier alpha value is -1.77. The van der Waals surface area contributed by atoms with Crippen molar-refractivity contribution in [1.82, 2.24) is 10.2 Å². The van der Waals surface area contributed by atoms with Crippen molar-refractivity contribution in [3.63, 3.8) is 0 Å².